The molecule has 0 N–H and O–H groups in total. The fourth-order valence-electron chi connectivity index (χ4n) is 2.20. The smallest absolute Gasteiger partial charge is 0.339 e. The highest BCUT2D eigenvalue weighted by Crippen LogP contribution is 2.27. The van der Waals surface area contributed by atoms with Gasteiger partial charge in [-0.25, -0.2) is 4.98 Å². The molecule has 0 saturated carbocycles. The van der Waals surface area contributed by atoms with Crippen molar-refractivity contribution >= 4 is 32.8 Å². The number of hydrogen-bond acceptors (Lipinski definition) is 4. The molecular weight excluding hydrogens is 324 g/mol. The first kappa shape index (κ1) is 14.9. The monoisotopic (exact) mass is 336 g/mol. The molecule has 0 saturated heterocycles. The van der Waals surface area contributed by atoms with Gasteiger partial charge < -0.3 is 8.75 Å². The zero-order chi connectivity index (χ0) is 15.9. The average Bonchev–Trinajstić information content (AvgIpc) is 2.82. The van der Waals surface area contributed by atoms with E-state index in [2.05, 4.69) is 4.98 Å². The molecule has 5 nitrogen and oxygen atoms in total. The highest BCUT2D eigenvalue weighted by Gasteiger charge is 2.20. The lowest BCUT2D eigenvalue weighted by Crippen LogP contribution is -2.11. The van der Waals surface area contributed by atoms with Crippen LogP contribution < -0.4 is 4.18 Å². The third-order valence-electron chi connectivity index (χ3n) is 3.39. The Morgan fingerprint density at radius 1 is 1.23 bits per heavy atom. The Morgan fingerprint density at radius 3 is 2.77 bits per heavy atom. The Kier molecular flexibility index (Phi) is 3.58. The molecule has 0 aliphatic carbocycles. The number of benzene rings is 2. The molecule has 0 spiro atoms. The van der Waals surface area contributed by atoms with Crippen LogP contribution in [-0.4, -0.2) is 18.0 Å². The van der Waals surface area contributed by atoms with Crippen LogP contribution in [0.25, 0.3) is 11.0 Å². The third-order valence-corrected chi connectivity index (χ3v) is 5.19. The first-order valence-corrected chi connectivity index (χ1v) is 8.28. The first-order chi connectivity index (χ1) is 10.4. The van der Waals surface area contributed by atoms with Gasteiger partial charge in [-0.1, -0.05) is 17.7 Å². The van der Waals surface area contributed by atoms with Crippen LogP contribution in [0.15, 0.2) is 47.6 Å². The quantitative estimate of drug-likeness (QED) is 0.688. The van der Waals surface area contributed by atoms with Crippen molar-refractivity contribution in [2.24, 2.45) is 7.05 Å². The largest absolute Gasteiger partial charge is 0.379 e. The normalized spacial score (nSPS) is 11.8. The first-order valence-electron chi connectivity index (χ1n) is 6.49. The fraction of sp³-hybridized carbons (Fsp3) is 0.133. The Balaban J connectivity index is 2.01. The van der Waals surface area contributed by atoms with E-state index in [4.69, 9.17) is 15.8 Å². The lowest BCUT2D eigenvalue weighted by Gasteiger charge is -2.10. The van der Waals surface area contributed by atoms with Gasteiger partial charge in [0.25, 0.3) is 0 Å². The Bertz CT molecular complexity index is 964. The van der Waals surface area contributed by atoms with Crippen LogP contribution in [0.5, 0.6) is 5.75 Å². The molecule has 3 aromatic rings. The summed E-state index contributed by atoms with van der Waals surface area (Å²) in [5.41, 5.74) is 2.02. The van der Waals surface area contributed by atoms with Crippen molar-refractivity contribution in [1.29, 1.82) is 0 Å². The molecule has 0 bridgehead atoms. The SMILES string of the molecule is Cc1c(Cl)cccc1S(=O)(=O)Oc1ccc2c(c1)ncn2C. The number of nitrogens with zero attached hydrogens (tertiary/aromatic N) is 2. The van der Waals surface area contributed by atoms with Crippen molar-refractivity contribution in [2.75, 3.05) is 0 Å². The Labute approximate surface area is 133 Å². The van der Waals surface area contributed by atoms with E-state index in [1.807, 2.05) is 11.6 Å². The molecule has 0 amide bonds. The molecule has 22 heavy (non-hydrogen) atoms. The number of rotatable bonds is 3. The number of aromatic nitrogens is 2. The van der Waals surface area contributed by atoms with Crippen molar-refractivity contribution in [1.82, 2.24) is 9.55 Å². The molecule has 0 unspecified atom stereocenters. The van der Waals surface area contributed by atoms with Crippen LogP contribution in [0.4, 0.5) is 0 Å². The van der Waals surface area contributed by atoms with Gasteiger partial charge in [-0.15, -0.1) is 0 Å². The lowest BCUT2D eigenvalue weighted by atomic mass is 10.2. The second-order valence-corrected chi connectivity index (χ2v) is 6.83. The summed E-state index contributed by atoms with van der Waals surface area (Å²) in [5.74, 6) is 0.213. The molecule has 3 rings (SSSR count). The minimum atomic E-state index is -3.95. The van der Waals surface area contributed by atoms with E-state index >= 15 is 0 Å². The minimum Gasteiger partial charge on any atom is -0.379 e. The van der Waals surface area contributed by atoms with E-state index in [1.54, 1.807) is 43.6 Å². The van der Waals surface area contributed by atoms with Gasteiger partial charge in [-0.3, -0.25) is 0 Å². The van der Waals surface area contributed by atoms with Gasteiger partial charge in [0.1, 0.15) is 10.6 Å². The zero-order valence-corrected chi connectivity index (χ0v) is 13.5. The molecule has 114 valence electrons. The van der Waals surface area contributed by atoms with Gasteiger partial charge in [0.05, 0.1) is 17.4 Å². The number of hydrogen-bond donors (Lipinski definition) is 0. The van der Waals surface area contributed by atoms with Crippen molar-refractivity contribution in [3.05, 3.63) is 53.3 Å². The van der Waals surface area contributed by atoms with Gasteiger partial charge in [-0.2, -0.15) is 8.42 Å². The topological polar surface area (TPSA) is 61.2 Å². The predicted molar refractivity (Wildman–Crippen MR) is 84.7 cm³/mol. The van der Waals surface area contributed by atoms with Crippen molar-refractivity contribution in [3.63, 3.8) is 0 Å². The molecule has 0 aliphatic rings. The maximum atomic E-state index is 12.4. The Morgan fingerprint density at radius 2 is 2.00 bits per heavy atom. The summed E-state index contributed by atoms with van der Waals surface area (Å²) in [7, 11) is -2.08. The maximum absolute atomic E-state index is 12.4. The Hall–Kier alpha value is -2.05. The van der Waals surface area contributed by atoms with E-state index in [1.165, 1.54) is 6.07 Å². The van der Waals surface area contributed by atoms with E-state index in [0.29, 0.717) is 16.1 Å². The van der Waals surface area contributed by atoms with Crippen molar-refractivity contribution in [3.8, 4) is 5.75 Å². The zero-order valence-electron chi connectivity index (χ0n) is 11.9. The maximum Gasteiger partial charge on any atom is 0.339 e. The fourth-order valence-corrected chi connectivity index (χ4v) is 3.61. The van der Waals surface area contributed by atoms with E-state index in [9.17, 15) is 8.42 Å². The summed E-state index contributed by atoms with van der Waals surface area (Å²) >= 11 is 5.97. The van der Waals surface area contributed by atoms with Crippen molar-refractivity contribution < 1.29 is 12.6 Å². The number of fused-ring (bicyclic) bond motifs is 1. The molecule has 1 aromatic heterocycles. The van der Waals surface area contributed by atoms with Gasteiger partial charge in [0.15, 0.2) is 0 Å². The molecule has 0 radical (unpaired) electrons. The second kappa shape index (κ2) is 5.30. The summed E-state index contributed by atoms with van der Waals surface area (Å²) in [4.78, 5) is 4.24. The summed E-state index contributed by atoms with van der Waals surface area (Å²) in [5, 5.41) is 0.379. The molecule has 7 heteroatoms. The summed E-state index contributed by atoms with van der Waals surface area (Å²) in [6.45, 7) is 1.64. The standard InChI is InChI=1S/C15H13ClN2O3S/c1-10-12(16)4-3-5-15(10)22(19,20)21-11-6-7-14-13(8-11)17-9-18(14)2/h3-9H,1-2H3. The van der Waals surface area contributed by atoms with Crippen LogP contribution in [0.1, 0.15) is 5.56 Å². The lowest BCUT2D eigenvalue weighted by molar-refractivity contribution is 0.486. The van der Waals surface area contributed by atoms with Gasteiger partial charge in [0, 0.05) is 18.1 Å². The summed E-state index contributed by atoms with van der Waals surface area (Å²) in [6.07, 6.45) is 1.66. The summed E-state index contributed by atoms with van der Waals surface area (Å²) < 4.78 is 31.9. The minimum absolute atomic E-state index is 0.0566. The van der Waals surface area contributed by atoms with Gasteiger partial charge >= 0.3 is 10.1 Å². The third kappa shape index (κ3) is 2.55. The van der Waals surface area contributed by atoms with Crippen molar-refractivity contribution in [2.45, 2.75) is 11.8 Å². The second-order valence-electron chi connectivity index (χ2n) is 4.91. The number of halogens is 1. The van der Waals surface area contributed by atoms with Crippen LogP contribution >= 0.6 is 11.6 Å². The number of imidazole rings is 1. The summed E-state index contributed by atoms with van der Waals surface area (Å²) in [6, 6.07) is 9.63. The van der Waals surface area contributed by atoms with Crippen LogP contribution in [0.2, 0.25) is 5.02 Å². The molecule has 0 atom stereocenters. The predicted octanol–water partition coefficient (Wildman–Crippen LogP) is 3.30. The molecule has 1 heterocycles. The van der Waals surface area contributed by atoms with Crippen LogP contribution in [-0.2, 0) is 17.2 Å². The molecule has 0 aliphatic heterocycles. The average molecular weight is 337 g/mol. The molecular formula is C15H13ClN2O3S. The number of aryl methyl sites for hydroxylation is 1. The van der Waals surface area contributed by atoms with E-state index in [-0.39, 0.29) is 10.6 Å². The van der Waals surface area contributed by atoms with Crippen LogP contribution in [0.3, 0.4) is 0 Å². The van der Waals surface area contributed by atoms with Gasteiger partial charge in [-0.05, 0) is 36.8 Å². The molecule has 2 aromatic carbocycles. The van der Waals surface area contributed by atoms with Crippen LogP contribution in [0, 0.1) is 6.92 Å². The van der Waals surface area contributed by atoms with Gasteiger partial charge in [0.2, 0.25) is 0 Å². The van der Waals surface area contributed by atoms with E-state index < -0.39 is 10.1 Å². The highest BCUT2D eigenvalue weighted by molar-refractivity contribution is 7.87. The van der Waals surface area contributed by atoms with E-state index in [0.717, 1.165) is 5.52 Å². The molecule has 0 fully saturated rings. The highest BCUT2D eigenvalue weighted by atomic mass is 35.5.